The minimum Gasteiger partial charge on any atom is -0.355 e. The van der Waals surface area contributed by atoms with E-state index in [2.05, 4.69) is 46.2 Å². The number of aromatic nitrogens is 3. The van der Waals surface area contributed by atoms with Crippen LogP contribution in [0, 0.1) is 12.3 Å². The summed E-state index contributed by atoms with van der Waals surface area (Å²) in [5.74, 6) is 0.972. The van der Waals surface area contributed by atoms with Crippen LogP contribution < -0.4 is 10.2 Å². The van der Waals surface area contributed by atoms with Crippen molar-refractivity contribution in [2.24, 2.45) is 10.4 Å². The number of nitrogens with zero attached hydrogens (tertiary/aromatic N) is 5. The third kappa shape index (κ3) is 3.27. The third-order valence-corrected chi connectivity index (χ3v) is 7.45. The van der Waals surface area contributed by atoms with Crippen LogP contribution in [-0.2, 0) is 6.54 Å². The van der Waals surface area contributed by atoms with Crippen LogP contribution in [0.25, 0.3) is 0 Å². The van der Waals surface area contributed by atoms with E-state index in [1.807, 2.05) is 10.8 Å². The van der Waals surface area contributed by atoms with Crippen LogP contribution in [0.15, 0.2) is 40.8 Å². The lowest BCUT2D eigenvalue weighted by Crippen LogP contribution is -2.48. The Balaban J connectivity index is 1.10. The summed E-state index contributed by atoms with van der Waals surface area (Å²) < 4.78 is 1.96. The Morgan fingerprint density at radius 3 is 2.87 bits per heavy atom. The fraction of sp³-hybridized carbons (Fsp3) is 0.500. The van der Waals surface area contributed by atoms with Crippen LogP contribution in [0.2, 0.25) is 0 Å². The number of aryl methyl sites for hydroxylation is 1. The van der Waals surface area contributed by atoms with Gasteiger partial charge in [-0.2, -0.15) is 0 Å². The van der Waals surface area contributed by atoms with Crippen LogP contribution in [0.3, 0.4) is 0 Å². The molecule has 2 aliphatic heterocycles. The van der Waals surface area contributed by atoms with Gasteiger partial charge in [-0.25, -0.2) is 9.97 Å². The molecule has 2 fully saturated rings. The van der Waals surface area contributed by atoms with E-state index in [1.54, 1.807) is 6.33 Å². The highest BCUT2D eigenvalue weighted by Crippen LogP contribution is 2.53. The predicted molar refractivity (Wildman–Crippen MR) is 120 cm³/mol. The van der Waals surface area contributed by atoms with E-state index in [4.69, 9.17) is 4.98 Å². The van der Waals surface area contributed by atoms with Gasteiger partial charge in [0.15, 0.2) is 0 Å². The SMILES string of the molecule is CC1=NCC2=C1CC[C@H]2NC(=O)c1cn(Cc2ccc(N3CC4(CC4)C3)nc2C)cn1. The number of hydrogen-bond acceptors (Lipinski definition) is 5. The standard InChI is InChI=1S/C24H28N6O/c1-15-17(3-6-22(27-15)30-12-24(13-30)7-8-24)10-29-11-21(26-14-29)23(31)28-20-5-4-18-16(2)25-9-19(18)20/h3,6,11,14,20H,4-5,7-10,12-13H2,1-2H3,(H,28,31)/t20-/m1/s1. The summed E-state index contributed by atoms with van der Waals surface area (Å²) in [6.07, 6.45) is 8.28. The fourth-order valence-corrected chi connectivity index (χ4v) is 5.24. The summed E-state index contributed by atoms with van der Waals surface area (Å²) in [5.41, 5.74) is 7.03. The Kier molecular flexibility index (Phi) is 4.10. The van der Waals surface area contributed by atoms with Gasteiger partial charge in [-0.05, 0) is 62.3 Å². The van der Waals surface area contributed by atoms with E-state index in [0.29, 0.717) is 17.7 Å². The first-order valence-corrected chi connectivity index (χ1v) is 11.3. The molecule has 160 valence electrons. The quantitative estimate of drug-likeness (QED) is 0.813. The fourth-order valence-electron chi connectivity index (χ4n) is 5.24. The topological polar surface area (TPSA) is 75.4 Å². The van der Waals surface area contributed by atoms with Crippen molar-refractivity contribution in [3.05, 3.63) is 52.8 Å². The zero-order valence-electron chi connectivity index (χ0n) is 18.2. The number of hydrogen-bond donors (Lipinski definition) is 1. The summed E-state index contributed by atoms with van der Waals surface area (Å²) in [5, 5.41) is 3.16. The number of pyridine rings is 1. The summed E-state index contributed by atoms with van der Waals surface area (Å²) in [7, 11) is 0. The molecule has 1 saturated carbocycles. The Morgan fingerprint density at radius 1 is 1.26 bits per heavy atom. The summed E-state index contributed by atoms with van der Waals surface area (Å²) in [4.78, 5) is 28.8. The van der Waals surface area contributed by atoms with Gasteiger partial charge in [-0.15, -0.1) is 0 Å². The lowest BCUT2D eigenvalue weighted by molar-refractivity contribution is 0.0938. The van der Waals surface area contributed by atoms with Crippen molar-refractivity contribution in [2.45, 2.75) is 52.1 Å². The molecule has 2 aromatic rings. The van der Waals surface area contributed by atoms with Crippen molar-refractivity contribution < 1.29 is 4.79 Å². The molecule has 31 heavy (non-hydrogen) atoms. The molecule has 1 saturated heterocycles. The molecule has 2 aromatic heterocycles. The van der Waals surface area contributed by atoms with Crippen LogP contribution in [-0.4, -0.2) is 51.8 Å². The Bertz CT molecular complexity index is 1130. The highest BCUT2D eigenvalue weighted by atomic mass is 16.2. The van der Waals surface area contributed by atoms with Gasteiger partial charge in [0.25, 0.3) is 5.91 Å². The molecule has 6 rings (SSSR count). The summed E-state index contributed by atoms with van der Waals surface area (Å²) in [6, 6.07) is 4.37. The van der Waals surface area contributed by atoms with Gasteiger partial charge in [-0.1, -0.05) is 6.07 Å². The van der Waals surface area contributed by atoms with Gasteiger partial charge in [0, 0.05) is 36.1 Å². The van der Waals surface area contributed by atoms with Crippen molar-refractivity contribution in [3.63, 3.8) is 0 Å². The van der Waals surface area contributed by atoms with E-state index in [9.17, 15) is 4.79 Å². The molecule has 0 unspecified atom stereocenters. The monoisotopic (exact) mass is 416 g/mol. The zero-order valence-corrected chi connectivity index (χ0v) is 18.2. The average Bonchev–Trinajstić information content (AvgIpc) is 3.04. The predicted octanol–water partition coefficient (Wildman–Crippen LogP) is 2.90. The van der Waals surface area contributed by atoms with Crippen molar-refractivity contribution in [1.82, 2.24) is 19.9 Å². The van der Waals surface area contributed by atoms with E-state index in [-0.39, 0.29) is 11.9 Å². The maximum atomic E-state index is 12.8. The number of carbonyl (C=O) groups is 1. The highest BCUT2D eigenvalue weighted by Gasteiger charge is 2.52. The van der Waals surface area contributed by atoms with Gasteiger partial charge in [0.1, 0.15) is 11.5 Å². The molecule has 1 atom stereocenters. The second kappa shape index (κ2) is 6.77. The second-order valence-electron chi connectivity index (χ2n) is 9.67. The molecule has 0 radical (unpaired) electrons. The van der Waals surface area contributed by atoms with Gasteiger partial charge in [0.05, 0.1) is 25.5 Å². The number of aliphatic imine (C=N–C) groups is 1. The number of amides is 1. The van der Waals surface area contributed by atoms with E-state index >= 15 is 0 Å². The Morgan fingerprint density at radius 2 is 2.10 bits per heavy atom. The van der Waals surface area contributed by atoms with E-state index in [1.165, 1.54) is 24.0 Å². The second-order valence-corrected chi connectivity index (χ2v) is 9.67. The molecule has 2 aliphatic carbocycles. The molecule has 7 nitrogen and oxygen atoms in total. The van der Waals surface area contributed by atoms with Crippen LogP contribution in [0.4, 0.5) is 5.82 Å². The molecular formula is C24H28N6O. The minimum absolute atomic E-state index is 0.0871. The largest absolute Gasteiger partial charge is 0.355 e. The molecule has 4 heterocycles. The molecule has 0 aromatic carbocycles. The van der Waals surface area contributed by atoms with Crippen molar-refractivity contribution in [1.29, 1.82) is 0 Å². The zero-order chi connectivity index (χ0) is 21.2. The van der Waals surface area contributed by atoms with E-state index < -0.39 is 0 Å². The highest BCUT2D eigenvalue weighted by molar-refractivity contribution is 6.02. The molecule has 1 spiro atoms. The van der Waals surface area contributed by atoms with Crippen molar-refractivity contribution in [2.75, 3.05) is 24.5 Å². The lowest BCUT2D eigenvalue weighted by atomic mass is 9.97. The van der Waals surface area contributed by atoms with Crippen LogP contribution in [0.1, 0.15) is 54.4 Å². The average molecular weight is 417 g/mol. The molecule has 0 bridgehead atoms. The first kappa shape index (κ1) is 18.8. The van der Waals surface area contributed by atoms with Gasteiger partial charge >= 0.3 is 0 Å². The number of anilines is 1. The van der Waals surface area contributed by atoms with Gasteiger partial charge < -0.3 is 14.8 Å². The molecule has 1 N–H and O–H groups in total. The van der Waals surface area contributed by atoms with Crippen LogP contribution >= 0.6 is 0 Å². The van der Waals surface area contributed by atoms with E-state index in [0.717, 1.165) is 55.3 Å². The molecular weight excluding hydrogens is 388 g/mol. The van der Waals surface area contributed by atoms with Crippen molar-refractivity contribution in [3.8, 4) is 0 Å². The molecule has 1 amide bonds. The number of allylic oxidation sites excluding steroid dienone is 1. The number of carbonyl (C=O) groups excluding carboxylic acids is 1. The number of rotatable bonds is 5. The lowest BCUT2D eigenvalue weighted by Gasteiger charge is -2.41. The van der Waals surface area contributed by atoms with Gasteiger partial charge in [0.2, 0.25) is 0 Å². The normalized spacial score (nSPS) is 23.1. The minimum atomic E-state index is -0.112. The number of imidazole rings is 1. The first-order chi connectivity index (χ1) is 15.0. The van der Waals surface area contributed by atoms with Crippen molar-refractivity contribution >= 4 is 17.4 Å². The maximum Gasteiger partial charge on any atom is 0.271 e. The first-order valence-electron chi connectivity index (χ1n) is 11.3. The summed E-state index contributed by atoms with van der Waals surface area (Å²) >= 11 is 0. The molecule has 7 heteroatoms. The Hall–Kier alpha value is -2.96. The van der Waals surface area contributed by atoms with Gasteiger partial charge in [-0.3, -0.25) is 9.79 Å². The smallest absolute Gasteiger partial charge is 0.271 e. The third-order valence-electron chi connectivity index (χ3n) is 7.45. The van der Waals surface area contributed by atoms with Crippen LogP contribution in [0.5, 0.6) is 0 Å². The Labute approximate surface area is 182 Å². The summed E-state index contributed by atoms with van der Waals surface area (Å²) in [6.45, 7) is 7.82. The number of nitrogens with one attached hydrogen (secondary N) is 1. The maximum absolute atomic E-state index is 12.8. The molecule has 4 aliphatic rings.